The number of benzene rings is 2. The Kier molecular flexibility index (Phi) is 4.16. The zero-order valence-corrected chi connectivity index (χ0v) is 17.3. The lowest BCUT2D eigenvalue weighted by molar-refractivity contribution is -0.137. The van der Waals surface area contributed by atoms with Crippen LogP contribution in [0.25, 0.3) is 0 Å². The van der Waals surface area contributed by atoms with Gasteiger partial charge in [0.1, 0.15) is 0 Å². The van der Waals surface area contributed by atoms with Gasteiger partial charge in [0.25, 0.3) is 5.91 Å². The van der Waals surface area contributed by atoms with Gasteiger partial charge in [0.15, 0.2) is 0 Å². The number of halogens is 3. The van der Waals surface area contributed by atoms with Crippen LogP contribution in [0.15, 0.2) is 60.7 Å². The SMILES string of the molecule is O=C(Nc1ccccc1C(F)(F)F)c1ccccc1N1C(=O)[C@@H]2[C@H]3C=C[C@@H]([C@@H]4C[C@@H]34)[C@H]2C1=O. The van der Waals surface area contributed by atoms with E-state index >= 15 is 0 Å². The third-order valence-corrected chi connectivity index (χ3v) is 7.53. The summed E-state index contributed by atoms with van der Waals surface area (Å²) >= 11 is 0. The molecule has 1 aliphatic heterocycles. The molecule has 2 aromatic carbocycles. The van der Waals surface area contributed by atoms with E-state index in [4.69, 9.17) is 0 Å². The van der Waals surface area contributed by atoms with Gasteiger partial charge in [-0.1, -0.05) is 36.4 Å². The number of hydrogen-bond acceptors (Lipinski definition) is 3. The molecule has 0 radical (unpaired) electrons. The minimum atomic E-state index is -4.65. The number of rotatable bonds is 3. The summed E-state index contributed by atoms with van der Waals surface area (Å²) in [5.41, 5.74) is -1.28. The van der Waals surface area contributed by atoms with Crippen molar-refractivity contribution in [2.24, 2.45) is 35.5 Å². The minimum Gasteiger partial charge on any atom is -0.321 e. The first-order chi connectivity index (χ1) is 15.8. The molecule has 33 heavy (non-hydrogen) atoms. The van der Waals surface area contributed by atoms with E-state index in [1.165, 1.54) is 30.3 Å². The summed E-state index contributed by atoms with van der Waals surface area (Å²) in [5, 5.41) is 2.31. The van der Waals surface area contributed by atoms with Crippen LogP contribution in [0.5, 0.6) is 0 Å². The van der Waals surface area contributed by atoms with Gasteiger partial charge in [-0.05, 0) is 54.4 Å². The third-order valence-electron chi connectivity index (χ3n) is 7.53. The minimum absolute atomic E-state index is 0.0275. The summed E-state index contributed by atoms with van der Waals surface area (Å²) in [5.74, 6) is -1.39. The number of carbonyl (C=O) groups is 3. The molecule has 0 aromatic heterocycles. The fraction of sp³-hybridized carbons (Fsp3) is 0.320. The van der Waals surface area contributed by atoms with E-state index in [0.29, 0.717) is 11.8 Å². The Morgan fingerprint density at radius 1 is 0.879 bits per heavy atom. The second-order valence-corrected chi connectivity index (χ2v) is 9.18. The monoisotopic (exact) mass is 452 g/mol. The first kappa shape index (κ1) is 20.2. The van der Waals surface area contributed by atoms with Gasteiger partial charge in [0.2, 0.25) is 11.8 Å². The number of nitrogens with one attached hydrogen (secondary N) is 1. The van der Waals surface area contributed by atoms with Crippen molar-refractivity contribution in [3.8, 4) is 0 Å². The fourth-order valence-corrected chi connectivity index (χ4v) is 6.08. The molecular formula is C25H19F3N2O3. The quantitative estimate of drug-likeness (QED) is 0.550. The molecule has 168 valence electrons. The van der Waals surface area contributed by atoms with E-state index in [-0.39, 0.29) is 40.6 Å². The number of hydrogen-bond donors (Lipinski definition) is 1. The molecule has 1 saturated heterocycles. The number of imide groups is 1. The van der Waals surface area contributed by atoms with Crippen molar-refractivity contribution < 1.29 is 27.6 Å². The predicted octanol–water partition coefficient (Wildman–Crippen LogP) is 4.52. The maximum Gasteiger partial charge on any atom is 0.418 e. The molecule has 8 heteroatoms. The van der Waals surface area contributed by atoms with Crippen LogP contribution >= 0.6 is 0 Å². The van der Waals surface area contributed by atoms with Crippen LogP contribution in [0.1, 0.15) is 22.3 Å². The van der Waals surface area contributed by atoms with Crippen LogP contribution in [0.3, 0.4) is 0 Å². The van der Waals surface area contributed by atoms with Crippen LogP contribution in [0, 0.1) is 35.5 Å². The predicted molar refractivity (Wildman–Crippen MR) is 113 cm³/mol. The molecule has 2 aromatic rings. The standard InChI is InChI=1S/C25H19F3N2O3/c26-25(27,28)17-6-2-3-7-18(17)29-22(31)14-5-1-4-8-19(14)30-23(32)20-12-9-10-13(16-11-15(12)16)21(20)24(30)33/h1-10,12-13,15-16,20-21H,11H2,(H,29,31)/t12-,13-,15-,16-,20+,21+/m0/s1. The van der Waals surface area contributed by atoms with Gasteiger partial charge in [0, 0.05) is 0 Å². The summed E-state index contributed by atoms with van der Waals surface area (Å²) < 4.78 is 40.1. The number of nitrogens with zero attached hydrogens (tertiary/aromatic N) is 1. The van der Waals surface area contributed by atoms with Crippen molar-refractivity contribution >= 4 is 29.1 Å². The van der Waals surface area contributed by atoms with Crippen molar-refractivity contribution in [2.75, 3.05) is 10.2 Å². The number of allylic oxidation sites excluding steroid dienone is 2. The average molecular weight is 452 g/mol. The second-order valence-electron chi connectivity index (χ2n) is 9.18. The van der Waals surface area contributed by atoms with Crippen LogP contribution < -0.4 is 10.2 Å². The summed E-state index contributed by atoms with van der Waals surface area (Å²) in [6.45, 7) is 0. The smallest absolute Gasteiger partial charge is 0.321 e. The number of carbonyl (C=O) groups excluding carboxylic acids is 3. The van der Waals surface area contributed by atoms with E-state index in [2.05, 4.69) is 17.5 Å². The van der Waals surface area contributed by atoms with Crippen molar-refractivity contribution in [1.82, 2.24) is 0 Å². The van der Waals surface area contributed by atoms with Gasteiger partial charge in [-0.15, -0.1) is 0 Å². The normalized spacial score (nSPS) is 31.4. The van der Waals surface area contributed by atoms with E-state index in [1.807, 2.05) is 0 Å². The highest BCUT2D eigenvalue weighted by molar-refractivity contribution is 6.25. The van der Waals surface area contributed by atoms with Crippen LogP contribution in [0.4, 0.5) is 24.5 Å². The molecular weight excluding hydrogens is 433 g/mol. The highest BCUT2D eigenvalue weighted by Crippen LogP contribution is 2.65. The van der Waals surface area contributed by atoms with Crippen LogP contribution in [-0.2, 0) is 15.8 Å². The van der Waals surface area contributed by atoms with E-state index in [0.717, 1.165) is 17.4 Å². The Bertz CT molecular complexity index is 1200. The van der Waals surface area contributed by atoms with Gasteiger partial charge >= 0.3 is 6.18 Å². The zero-order valence-electron chi connectivity index (χ0n) is 17.3. The zero-order chi connectivity index (χ0) is 23.1. The van der Waals surface area contributed by atoms with Crippen molar-refractivity contribution in [3.05, 3.63) is 71.8 Å². The average Bonchev–Trinajstić information content (AvgIpc) is 3.57. The summed E-state index contributed by atoms with van der Waals surface area (Å²) in [6, 6.07) is 10.7. The Morgan fingerprint density at radius 2 is 1.45 bits per heavy atom. The van der Waals surface area contributed by atoms with Crippen molar-refractivity contribution in [3.63, 3.8) is 0 Å². The van der Waals surface area contributed by atoms with Crippen molar-refractivity contribution in [1.29, 1.82) is 0 Å². The molecule has 4 aliphatic carbocycles. The number of amides is 3. The number of anilines is 2. The van der Waals surface area contributed by atoms with Gasteiger partial charge in [-0.2, -0.15) is 13.2 Å². The van der Waals surface area contributed by atoms with Gasteiger partial charge < -0.3 is 5.32 Å². The Hall–Kier alpha value is -3.42. The Labute approximate surface area is 187 Å². The number of para-hydroxylation sites is 2. The second kappa shape index (κ2) is 6.79. The van der Waals surface area contributed by atoms with Crippen LogP contribution in [0.2, 0.25) is 0 Å². The lowest BCUT2D eigenvalue weighted by Crippen LogP contribution is -2.40. The molecule has 5 nitrogen and oxygen atoms in total. The van der Waals surface area contributed by atoms with E-state index < -0.39 is 29.5 Å². The molecule has 1 heterocycles. The first-order valence-electron chi connectivity index (χ1n) is 10.9. The lowest BCUT2D eigenvalue weighted by Gasteiger charge is -2.37. The van der Waals surface area contributed by atoms with E-state index in [9.17, 15) is 27.6 Å². The summed E-state index contributed by atoms with van der Waals surface area (Å²) in [6.07, 6.45) is 0.503. The van der Waals surface area contributed by atoms with Gasteiger partial charge in [0.05, 0.1) is 34.3 Å². The maximum absolute atomic E-state index is 13.4. The topological polar surface area (TPSA) is 66.5 Å². The molecule has 3 amide bonds. The molecule has 7 rings (SSSR count). The highest BCUT2D eigenvalue weighted by atomic mass is 19.4. The molecule has 2 saturated carbocycles. The van der Waals surface area contributed by atoms with E-state index in [1.54, 1.807) is 12.1 Å². The van der Waals surface area contributed by atoms with Crippen LogP contribution in [-0.4, -0.2) is 17.7 Å². The molecule has 5 aliphatic rings. The molecule has 1 N–H and O–H groups in total. The van der Waals surface area contributed by atoms with Gasteiger partial charge in [-0.3, -0.25) is 14.4 Å². The Morgan fingerprint density at radius 3 is 2.09 bits per heavy atom. The molecule has 3 fully saturated rings. The highest BCUT2D eigenvalue weighted by Gasteiger charge is 2.67. The summed E-state index contributed by atoms with van der Waals surface area (Å²) in [7, 11) is 0. The third kappa shape index (κ3) is 2.89. The largest absolute Gasteiger partial charge is 0.418 e. The Balaban J connectivity index is 1.34. The first-order valence-corrected chi connectivity index (χ1v) is 10.9. The fourth-order valence-electron chi connectivity index (χ4n) is 6.08. The molecule has 2 bridgehead atoms. The lowest BCUT2D eigenvalue weighted by atomic mass is 9.63. The molecule has 0 unspecified atom stereocenters. The summed E-state index contributed by atoms with van der Waals surface area (Å²) in [4.78, 5) is 41.0. The molecule has 0 spiro atoms. The number of alkyl halides is 3. The molecule has 6 atom stereocenters. The van der Waals surface area contributed by atoms with Crippen molar-refractivity contribution in [2.45, 2.75) is 12.6 Å². The van der Waals surface area contributed by atoms with Gasteiger partial charge in [-0.25, -0.2) is 4.90 Å². The maximum atomic E-state index is 13.4.